The third-order valence-corrected chi connectivity index (χ3v) is 3.36. The predicted octanol–water partition coefficient (Wildman–Crippen LogP) is 5.57. The van der Waals surface area contributed by atoms with Gasteiger partial charge in [0.15, 0.2) is 0 Å². The normalized spacial score (nSPS) is 11.7. The standard InChI is InChI=1S/C16H13Cl2F/c1-11-2-4-12(5-3-11)8-13(10-17)15-7-6-14(18)9-16(15)19/h2-9H,10H2,1H3/b13-8+. The third kappa shape index (κ3) is 3.59. The highest BCUT2D eigenvalue weighted by Gasteiger charge is 2.08. The van der Waals surface area contributed by atoms with Crippen LogP contribution in [0.5, 0.6) is 0 Å². The lowest BCUT2D eigenvalue weighted by Crippen LogP contribution is -1.91. The average Bonchev–Trinajstić information content (AvgIpc) is 2.39. The smallest absolute Gasteiger partial charge is 0.132 e. The van der Waals surface area contributed by atoms with Crippen LogP contribution in [0.3, 0.4) is 0 Å². The molecule has 19 heavy (non-hydrogen) atoms. The highest BCUT2D eigenvalue weighted by atomic mass is 35.5. The van der Waals surface area contributed by atoms with Gasteiger partial charge in [-0.25, -0.2) is 4.39 Å². The summed E-state index contributed by atoms with van der Waals surface area (Å²) in [5.74, 6) is -0.113. The van der Waals surface area contributed by atoms with Gasteiger partial charge in [-0.1, -0.05) is 47.5 Å². The maximum Gasteiger partial charge on any atom is 0.132 e. The Balaban J connectivity index is 2.41. The molecule has 0 aromatic heterocycles. The first-order valence-electron chi connectivity index (χ1n) is 5.89. The van der Waals surface area contributed by atoms with Crippen molar-refractivity contribution < 1.29 is 4.39 Å². The van der Waals surface area contributed by atoms with Crippen molar-refractivity contribution in [2.75, 3.05) is 5.88 Å². The van der Waals surface area contributed by atoms with Gasteiger partial charge in [-0.3, -0.25) is 0 Å². The highest BCUT2D eigenvalue weighted by molar-refractivity contribution is 6.30. The van der Waals surface area contributed by atoms with Crippen LogP contribution in [0.1, 0.15) is 16.7 Å². The molecule has 0 spiro atoms. The van der Waals surface area contributed by atoms with E-state index in [9.17, 15) is 4.39 Å². The number of hydrogen-bond donors (Lipinski definition) is 0. The number of rotatable bonds is 3. The first-order chi connectivity index (χ1) is 9.10. The van der Waals surface area contributed by atoms with E-state index < -0.39 is 0 Å². The van der Waals surface area contributed by atoms with Crippen molar-refractivity contribution in [3.05, 3.63) is 70.0 Å². The monoisotopic (exact) mass is 294 g/mol. The SMILES string of the molecule is Cc1ccc(/C=C(\CCl)c2ccc(Cl)cc2F)cc1. The minimum absolute atomic E-state index is 0.242. The van der Waals surface area contributed by atoms with E-state index in [-0.39, 0.29) is 11.7 Å². The molecule has 0 unspecified atom stereocenters. The van der Waals surface area contributed by atoms with Crippen LogP contribution in [0, 0.1) is 12.7 Å². The van der Waals surface area contributed by atoms with Gasteiger partial charge in [-0.2, -0.15) is 0 Å². The summed E-state index contributed by atoms with van der Waals surface area (Å²) < 4.78 is 13.9. The van der Waals surface area contributed by atoms with Crippen molar-refractivity contribution in [2.45, 2.75) is 6.92 Å². The van der Waals surface area contributed by atoms with Crippen LogP contribution in [0.25, 0.3) is 11.6 Å². The number of hydrogen-bond acceptors (Lipinski definition) is 0. The lowest BCUT2D eigenvalue weighted by Gasteiger charge is -2.07. The van der Waals surface area contributed by atoms with E-state index in [1.165, 1.54) is 11.6 Å². The van der Waals surface area contributed by atoms with Crippen molar-refractivity contribution in [1.82, 2.24) is 0 Å². The van der Waals surface area contributed by atoms with Crippen molar-refractivity contribution in [2.24, 2.45) is 0 Å². The summed E-state index contributed by atoms with van der Waals surface area (Å²) >= 11 is 11.7. The van der Waals surface area contributed by atoms with Crippen LogP contribution in [-0.4, -0.2) is 5.88 Å². The fourth-order valence-electron chi connectivity index (χ4n) is 1.80. The second kappa shape index (κ2) is 6.23. The summed E-state index contributed by atoms with van der Waals surface area (Å²) in [6, 6.07) is 12.6. The summed E-state index contributed by atoms with van der Waals surface area (Å²) in [4.78, 5) is 0. The molecule has 0 aliphatic heterocycles. The fourth-order valence-corrected chi connectivity index (χ4v) is 2.18. The van der Waals surface area contributed by atoms with Gasteiger partial charge in [0.25, 0.3) is 0 Å². The van der Waals surface area contributed by atoms with Crippen molar-refractivity contribution in [1.29, 1.82) is 0 Å². The third-order valence-electron chi connectivity index (χ3n) is 2.84. The second-order valence-electron chi connectivity index (χ2n) is 4.34. The quantitative estimate of drug-likeness (QED) is 0.513. The van der Waals surface area contributed by atoms with Crippen LogP contribution in [0.4, 0.5) is 4.39 Å². The van der Waals surface area contributed by atoms with E-state index in [4.69, 9.17) is 23.2 Å². The average molecular weight is 295 g/mol. The Bertz CT molecular complexity index is 601. The maximum atomic E-state index is 13.9. The van der Waals surface area contributed by atoms with Gasteiger partial charge in [-0.15, -0.1) is 11.6 Å². The van der Waals surface area contributed by atoms with Crippen LogP contribution < -0.4 is 0 Å². The number of benzene rings is 2. The first-order valence-corrected chi connectivity index (χ1v) is 6.80. The Hall–Kier alpha value is -1.31. The maximum absolute atomic E-state index is 13.9. The van der Waals surface area contributed by atoms with Gasteiger partial charge in [0.2, 0.25) is 0 Å². The molecule has 0 bridgehead atoms. The van der Waals surface area contributed by atoms with Crippen LogP contribution in [0.15, 0.2) is 42.5 Å². The molecule has 0 aliphatic carbocycles. The predicted molar refractivity (Wildman–Crippen MR) is 81.2 cm³/mol. The van der Waals surface area contributed by atoms with Gasteiger partial charge in [-0.05, 0) is 36.3 Å². The van der Waals surface area contributed by atoms with Crippen molar-refractivity contribution in [3.63, 3.8) is 0 Å². The number of aryl methyl sites for hydroxylation is 1. The topological polar surface area (TPSA) is 0 Å². The van der Waals surface area contributed by atoms with Crippen molar-refractivity contribution >= 4 is 34.9 Å². The van der Waals surface area contributed by atoms with Crippen molar-refractivity contribution in [3.8, 4) is 0 Å². The molecule has 2 rings (SSSR count). The Morgan fingerprint density at radius 3 is 2.42 bits per heavy atom. The van der Waals surface area contributed by atoms with Gasteiger partial charge in [0, 0.05) is 16.5 Å². The number of halogens is 3. The molecule has 0 saturated heterocycles. The van der Waals surface area contributed by atoms with Crippen LogP contribution >= 0.6 is 23.2 Å². The van der Waals surface area contributed by atoms with Gasteiger partial charge < -0.3 is 0 Å². The molecular weight excluding hydrogens is 282 g/mol. The summed E-state index contributed by atoms with van der Waals surface area (Å²) in [6.07, 6.45) is 1.89. The second-order valence-corrected chi connectivity index (χ2v) is 5.04. The molecule has 0 atom stereocenters. The molecule has 0 fully saturated rings. The van der Waals surface area contributed by atoms with Crippen LogP contribution in [0.2, 0.25) is 5.02 Å². The van der Waals surface area contributed by atoms with E-state index in [1.54, 1.807) is 12.1 Å². The van der Waals surface area contributed by atoms with E-state index in [0.29, 0.717) is 10.6 Å². The van der Waals surface area contributed by atoms with E-state index in [0.717, 1.165) is 11.1 Å². The van der Waals surface area contributed by atoms with Gasteiger partial charge in [0.1, 0.15) is 5.82 Å². The zero-order valence-corrected chi connectivity index (χ0v) is 12.0. The number of allylic oxidation sites excluding steroid dienone is 1. The fraction of sp³-hybridized carbons (Fsp3) is 0.125. The largest absolute Gasteiger partial charge is 0.206 e. The molecule has 0 N–H and O–H groups in total. The lowest BCUT2D eigenvalue weighted by molar-refractivity contribution is 0.624. The number of alkyl halides is 1. The van der Waals surface area contributed by atoms with Gasteiger partial charge in [0.05, 0.1) is 0 Å². The summed E-state index contributed by atoms with van der Waals surface area (Å²) in [6.45, 7) is 2.02. The molecule has 2 aromatic carbocycles. The summed E-state index contributed by atoms with van der Waals surface area (Å²) in [5.41, 5.74) is 3.40. The Kier molecular flexibility index (Phi) is 4.62. The zero-order chi connectivity index (χ0) is 13.8. The molecule has 0 nitrogen and oxygen atoms in total. The molecule has 0 amide bonds. The molecule has 0 heterocycles. The summed E-state index contributed by atoms with van der Waals surface area (Å²) in [7, 11) is 0. The molecule has 2 aromatic rings. The van der Waals surface area contributed by atoms with Crippen LogP contribution in [-0.2, 0) is 0 Å². The van der Waals surface area contributed by atoms with Gasteiger partial charge >= 0.3 is 0 Å². The van der Waals surface area contributed by atoms with E-state index in [2.05, 4.69) is 0 Å². The molecule has 0 aliphatic rings. The minimum Gasteiger partial charge on any atom is -0.206 e. The van der Waals surface area contributed by atoms with E-state index in [1.807, 2.05) is 37.3 Å². The first kappa shape index (κ1) is 14.1. The summed E-state index contributed by atoms with van der Waals surface area (Å²) in [5, 5.41) is 0.380. The Morgan fingerprint density at radius 1 is 1.16 bits per heavy atom. The highest BCUT2D eigenvalue weighted by Crippen LogP contribution is 2.25. The van der Waals surface area contributed by atoms with E-state index >= 15 is 0 Å². The lowest BCUT2D eigenvalue weighted by atomic mass is 10.0. The molecule has 0 radical (unpaired) electrons. The molecule has 0 saturated carbocycles. The molecular formula is C16H13Cl2F. The molecule has 3 heteroatoms. The zero-order valence-electron chi connectivity index (χ0n) is 10.5. The Labute approximate surface area is 122 Å². The minimum atomic E-state index is -0.355. The Morgan fingerprint density at radius 2 is 1.84 bits per heavy atom. The molecule has 98 valence electrons.